The van der Waals surface area contributed by atoms with E-state index in [0.29, 0.717) is 22.0 Å². The molecule has 0 saturated heterocycles. The number of methoxy groups -OCH3 is 1. The Morgan fingerprint density at radius 1 is 1.23 bits per heavy atom. The van der Waals surface area contributed by atoms with Crippen molar-refractivity contribution in [3.8, 4) is 5.75 Å². The summed E-state index contributed by atoms with van der Waals surface area (Å²) in [5.41, 5.74) is 0.826. The molecular weight excluding hydrogens is 383 g/mol. The molecule has 0 bridgehead atoms. The minimum absolute atomic E-state index is 0.200. The second-order valence-corrected chi connectivity index (χ2v) is 7.81. The van der Waals surface area contributed by atoms with E-state index in [9.17, 15) is 17.6 Å². The first-order valence-electron chi connectivity index (χ1n) is 7.54. The highest BCUT2D eigenvalue weighted by Crippen LogP contribution is 2.28. The Balaban J connectivity index is 2.21. The zero-order valence-corrected chi connectivity index (χ0v) is 15.7. The van der Waals surface area contributed by atoms with E-state index in [1.54, 1.807) is 12.1 Å². The number of sulfonamides is 1. The van der Waals surface area contributed by atoms with Crippen LogP contribution in [0.15, 0.2) is 42.5 Å². The van der Waals surface area contributed by atoms with Gasteiger partial charge in [-0.3, -0.25) is 4.79 Å². The van der Waals surface area contributed by atoms with E-state index in [1.165, 1.54) is 37.4 Å². The number of amides is 1. The summed E-state index contributed by atoms with van der Waals surface area (Å²) < 4.78 is 43.9. The third-order valence-corrected chi connectivity index (χ3v) is 4.40. The van der Waals surface area contributed by atoms with Crippen LogP contribution >= 0.6 is 11.6 Å². The number of benzene rings is 2. The van der Waals surface area contributed by atoms with Gasteiger partial charge in [0.1, 0.15) is 11.6 Å². The largest absolute Gasteiger partial charge is 0.495 e. The molecule has 0 fully saturated rings. The van der Waals surface area contributed by atoms with Crippen molar-refractivity contribution < 1.29 is 22.3 Å². The van der Waals surface area contributed by atoms with Crippen LogP contribution in [0, 0.1) is 5.82 Å². The third kappa shape index (κ3) is 5.98. The van der Waals surface area contributed by atoms with E-state index in [1.807, 2.05) is 0 Å². The van der Waals surface area contributed by atoms with E-state index in [-0.39, 0.29) is 6.42 Å². The number of carbonyl (C=O) groups is 1. The van der Waals surface area contributed by atoms with Gasteiger partial charge in [0, 0.05) is 11.4 Å². The van der Waals surface area contributed by atoms with E-state index < -0.39 is 27.8 Å². The Morgan fingerprint density at radius 2 is 1.88 bits per heavy atom. The van der Waals surface area contributed by atoms with Crippen LogP contribution < -0.4 is 14.8 Å². The van der Waals surface area contributed by atoms with Crippen molar-refractivity contribution in [3.63, 3.8) is 0 Å². The molecule has 0 aliphatic carbocycles. The predicted molar refractivity (Wildman–Crippen MR) is 98.4 cm³/mol. The fraction of sp³-hybridized carbons (Fsp3) is 0.235. The normalized spacial score (nSPS) is 12.5. The smallest absolute Gasteiger partial charge is 0.226 e. The molecule has 0 spiro atoms. The molecule has 6 nitrogen and oxygen atoms in total. The molecule has 0 saturated carbocycles. The number of nitrogens with one attached hydrogen (secondary N) is 2. The summed E-state index contributed by atoms with van der Waals surface area (Å²) in [6, 6.07) is 9.13. The molecule has 2 N–H and O–H groups in total. The number of hydrogen-bond acceptors (Lipinski definition) is 4. The average Bonchev–Trinajstić information content (AvgIpc) is 2.54. The van der Waals surface area contributed by atoms with E-state index in [0.717, 1.165) is 6.26 Å². The second kappa shape index (κ2) is 8.48. The Morgan fingerprint density at radius 3 is 2.46 bits per heavy atom. The van der Waals surface area contributed by atoms with Gasteiger partial charge in [-0.25, -0.2) is 17.5 Å². The zero-order valence-electron chi connectivity index (χ0n) is 14.1. The quantitative estimate of drug-likeness (QED) is 0.747. The highest BCUT2D eigenvalue weighted by Gasteiger charge is 2.20. The molecule has 1 unspecified atom stereocenters. The summed E-state index contributed by atoms with van der Waals surface area (Å²) in [7, 11) is -2.14. The van der Waals surface area contributed by atoms with Crippen molar-refractivity contribution in [1.82, 2.24) is 4.72 Å². The lowest BCUT2D eigenvalue weighted by Crippen LogP contribution is -2.30. The highest BCUT2D eigenvalue weighted by molar-refractivity contribution is 7.88. The van der Waals surface area contributed by atoms with Gasteiger partial charge >= 0.3 is 0 Å². The lowest BCUT2D eigenvalue weighted by atomic mass is 10.0. The maximum Gasteiger partial charge on any atom is 0.226 e. The molecule has 1 amide bonds. The van der Waals surface area contributed by atoms with Crippen LogP contribution in [0.4, 0.5) is 10.1 Å². The van der Waals surface area contributed by atoms with Crippen molar-refractivity contribution in [2.24, 2.45) is 0 Å². The van der Waals surface area contributed by atoms with Crippen LogP contribution in [0.25, 0.3) is 0 Å². The lowest BCUT2D eigenvalue weighted by molar-refractivity contribution is -0.116. The number of halogens is 2. The lowest BCUT2D eigenvalue weighted by Gasteiger charge is -2.18. The van der Waals surface area contributed by atoms with Crippen LogP contribution in [-0.4, -0.2) is 27.7 Å². The van der Waals surface area contributed by atoms with Crippen molar-refractivity contribution in [3.05, 3.63) is 58.9 Å². The summed E-state index contributed by atoms with van der Waals surface area (Å²) in [5.74, 6) is -0.506. The minimum Gasteiger partial charge on any atom is -0.495 e. The third-order valence-electron chi connectivity index (χ3n) is 3.45. The summed E-state index contributed by atoms with van der Waals surface area (Å²) >= 11 is 5.93. The second-order valence-electron chi connectivity index (χ2n) is 5.59. The van der Waals surface area contributed by atoms with Crippen LogP contribution in [-0.2, 0) is 14.8 Å². The van der Waals surface area contributed by atoms with Gasteiger partial charge in [-0.2, -0.15) is 0 Å². The number of carbonyl (C=O) groups excluding carboxylic acids is 1. The van der Waals surface area contributed by atoms with E-state index in [2.05, 4.69) is 10.0 Å². The molecule has 0 aliphatic rings. The van der Waals surface area contributed by atoms with Gasteiger partial charge in [-0.05, 0) is 35.9 Å². The molecule has 2 aromatic carbocycles. The molecule has 0 aromatic heterocycles. The fourth-order valence-corrected chi connectivity index (χ4v) is 3.25. The Kier molecular flexibility index (Phi) is 6.57. The summed E-state index contributed by atoms with van der Waals surface area (Å²) in [6.45, 7) is 0. The van der Waals surface area contributed by atoms with Gasteiger partial charge in [-0.15, -0.1) is 0 Å². The number of anilines is 1. The Labute approximate surface area is 156 Å². The molecule has 2 rings (SSSR count). The first-order chi connectivity index (χ1) is 12.2. The van der Waals surface area contributed by atoms with Gasteiger partial charge < -0.3 is 10.1 Å². The van der Waals surface area contributed by atoms with Crippen molar-refractivity contribution in [1.29, 1.82) is 0 Å². The topological polar surface area (TPSA) is 84.5 Å². The maximum atomic E-state index is 13.1. The standard InChI is InChI=1S/C17H18ClFN2O4S/c1-25-16-8-5-12(18)9-15(16)20-17(22)10-14(21-26(2,23)24)11-3-6-13(19)7-4-11/h3-9,14,21H,10H2,1-2H3,(H,20,22). The van der Waals surface area contributed by atoms with E-state index in [4.69, 9.17) is 16.3 Å². The highest BCUT2D eigenvalue weighted by atomic mass is 35.5. The fourth-order valence-electron chi connectivity index (χ4n) is 2.35. The van der Waals surface area contributed by atoms with Crippen molar-refractivity contribution in [2.75, 3.05) is 18.7 Å². The minimum atomic E-state index is -3.59. The van der Waals surface area contributed by atoms with Crippen molar-refractivity contribution >= 4 is 33.2 Å². The van der Waals surface area contributed by atoms with Crippen LogP contribution in [0.2, 0.25) is 5.02 Å². The number of ether oxygens (including phenoxy) is 1. The molecule has 26 heavy (non-hydrogen) atoms. The summed E-state index contributed by atoms with van der Waals surface area (Å²) in [4.78, 5) is 12.4. The van der Waals surface area contributed by atoms with Gasteiger partial charge in [0.15, 0.2) is 0 Å². The van der Waals surface area contributed by atoms with Crippen LogP contribution in [0.3, 0.4) is 0 Å². The Bertz CT molecular complexity index is 888. The van der Waals surface area contributed by atoms with Gasteiger partial charge in [0.25, 0.3) is 0 Å². The number of hydrogen-bond donors (Lipinski definition) is 2. The first kappa shape index (κ1) is 20.2. The molecule has 9 heteroatoms. The van der Waals surface area contributed by atoms with Crippen LogP contribution in [0.1, 0.15) is 18.0 Å². The molecule has 0 radical (unpaired) electrons. The van der Waals surface area contributed by atoms with Gasteiger partial charge in [-0.1, -0.05) is 23.7 Å². The molecule has 0 aliphatic heterocycles. The molecule has 2 aromatic rings. The van der Waals surface area contributed by atoms with Crippen molar-refractivity contribution in [2.45, 2.75) is 12.5 Å². The molecule has 0 heterocycles. The number of rotatable bonds is 7. The monoisotopic (exact) mass is 400 g/mol. The molecular formula is C17H18ClFN2O4S. The van der Waals surface area contributed by atoms with Crippen LogP contribution in [0.5, 0.6) is 5.75 Å². The molecule has 140 valence electrons. The Hall–Kier alpha value is -2.16. The average molecular weight is 401 g/mol. The summed E-state index contributed by atoms with van der Waals surface area (Å²) in [5, 5.41) is 3.05. The summed E-state index contributed by atoms with van der Waals surface area (Å²) in [6.07, 6.45) is 0.787. The SMILES string of the molecule is COc1ccc(Cl)cc1NC(=O)CC(NS(C)(=O)=O)c1ccc(F)cc1. The predicted octanol–water partition coefficient (Wildman–Crippen LogP) is 3.11. The zero-order chi connectivity index (χ0) is 19.3. The van der Waals surface area contributed by atoms with Gasteiger partial charge in [0.05, 0.1) is 25.1 Å². The molecule has 1 atom stereocenters. The maximum absolute atomic E-state index is 13.1. The van der Waals surface area contributed by atoms with E-state index >= 15 is 0 Å². The van der Waals surface area contributed by atoms with Gasteiger partial charge in [0.2, 0.25) is 15.9 Å². The first-order valence-corrected chi connectivity index (χ1v) is 9.81.